The molecule has 3 rings (SSSR count). The molecule has 1 aliphatic heterocycles. The van der Waals surface area contributed by atoms with Crippen molar-refractivity contribution in [3.05, 3.63) is 29.3 Å². The molecule has 1 aromatic rings. The summed E-state index contributed by atoms with van der Waals surface area (Å²) >= 11 is 6.81. The SMILES string of the molecule is CC1(C)COc2ccc(C(Cl)C3(C)CCCC3)cc21. The molecule has 0 spiro atoms. The molecule has 1 fully saturated rings. The second-order valence-corrected chi connectivity index (χ2v) is 7.59. The van der Waals surface area contributed by atoms with Gasteiger partial charge in [0.2, 0.25) is 0 Å². The molecule has 0 radical (unpaired) electrons. The molecule has 0 amide bonds. The first-order chi connectivity index (χ1) is 8.92. The van der Waals surface area contributed by atoms with Crippen molar-refractivity contribution in [2.45, 2.75) is 57.2 Å². The number of alkyl halides is 1. The van der Waals surface area contributed by atoms with Crippen molar-refractivity contribution in [2.24, 2.45) is 5.41 Å². The molecule has 19 heavy (non-hydrogen) atoms. The van der Waals surface area contributed by atoms with E-state index in [9.17, 15) is 0 Å². The highest BCUT2D eigenvalue weighted by Gasteiger charge is 2.38. The summed E-state index contributed by atoms with van der Waals surface area (Å²) in [6.07, 6.45) is 5.13. The Kier molecular flexibility index (Phi) is 3.09. The van der Waals surface area contributed by atoms with Crippen molar-refractivity contribution in [1.82, 2.24) is 0 Å². The fraction of sp³-hybridized carbons (Fsp3) is 0.647. The molecule has 0 N–H and O–H groups in total. The van der Waals surface area contributed by atoms with Gasteiger partial charge in [0.15, 0.2) is 0 Å². The maximum Gasteiger partial charge on any atom is 0.123 e. The summed E-state index contributed by atoms with van der Waals surface area (Å²) in [6.45, 7) is 7.59. The molecule has 0 saturated heterocycles. The second-order valence-electron chi connectivity index (χ2n) is 7.15. The first kappa shape index (κ1) is 13.3. The lowest BCUT2D eigenvalue weighted by molar-refractivity contribution is 0.291. The lowest BCUT2D eigenvalue weighted by atomic mass is 9.79. The van der Waals surface area contributed by atoms with Crippen LogP contribution in [-0.2, 0) is 5.41 Å². The van der Waals surface area contributed by atoms with Gasteiger partial charge in [-0.1, -0.05) is 39.7 Å². The third-order valence-corrected chi connectivity index (χ3v) is 5.75. The zero-order valence-electron chi connectivity index (χ0n) is 12.1. The fourth-order valence-electron chi connectivity index (χ4n) is 3.53. The van der Waals surface area contributed by atoms with Crippen LogP contribution in [0.4, 0.5) is 0 Å². The van der Waals surface area contributed by atoms with Gasteiger partial charge >= 0.3 is 0 Å². The standard InChI is InChI=1S/C17H23ClO/c1-16(2)11-19-14-7-6-12(10-13(14)16)15(18)17(3)8-4-5-9-17/h6-7,10,15H,4-5,8-9,11H2,1-3H3. The average molecular weight is 279 g/mol. The molecular formula is C17H23ClO. The maximum absolute atomic E-state index is 6.81. The van der Waals surface area contributed by atoms with E-state index in [1.807, 2.05) is 0 Å². The van der Waals surface area contributed by atoms with Crippen LogP contribution in [0.25, 0.3) is 0 Å². The van der Waals surface area contributed by atoms with Gasteiger partial charge in [-0.25, -0.2) is 0 Å². The average Bonchev–Trinajstić information content (AvgIpc) is 2.94. The molecule has 104 valence electrons. The van der Waals surface area contributed by atoms with Gasteiger partial charge in [0.05, 0.1) is 12.0 Å². The zero-order chi connectivity index (χ0) is 13.7. The van der Waals surface area contributed by atoms with Crippen LogP contribution in [0.3, 0.4) is 0 Å². The van der Waals surface area contributed by atoms with E-state index in [4.69, 9.17) is 16.3 Å². The van der Waals surface area contributed by atoms with E-state index in [0.717, 1.165) is 12.4 Å². The highest BCUT2D eigenvalue weighted by molar-refractivity contribution is 6.21. The van der Waals surface area contributed by atoms with E-state index in [-0.39, 0.29) is 16.2 Å². The van der Waals surface area contributed by atoms with Crippen LogP contribution in [0.1, 0.15) is 63.0 Å². The summed E-state index contributed by atoms with van der Waals surface area (Å²) in [5.74, 6) is 1.04. The summed E-state index contributed by atoms with van der Waals surface area (Å²) in [5.41, 5.74) is 2.96. The third kappa shape index (κ3) is 2.16. The molecule has 1 aliphatic carbocycles. The lowest BCUT2D eigenvalue weighted by Gasteiger charge is -2.30. The lowest BCUT2D eigenvalue weighted by Crippen LogP contribution is -2.20. The van der Waals surface area contributed by atoms with Crippen molar-refractivity contribution in [3.63, 3.8) is 0 Å². The Morgan fingerprint density at radius 1 is 1.16 bits per heavy atom. The fourth-order valence-corrected chi connectivity index (χ4v) is 3.89. The Hall–Kier alpha value is -0.690. The molecule has 1 unspecified atom stereocenters. The Morgan fingerprint density at radius 2 is 1.84 bits per heavy atom. The van der Waals surface area contributed by atoms with Crippen molar-refractivity contribution >= 4 is 11.6 Å². The molecule has 0 bridgehead atoms. The van der Waals surface area contributed by atoms with Crippen molar-refractivity contribution < 1.29 is 4.74 Å². The van der Waals surface area contributed by atoms with Gasteiger partial charge in [0.1, 0.15) is 5.75 Å². The van der Waals surface area contributed by atoms with Gasteiger partial charge in [-0.2, -0.15) is 0 Å². The molecule has 1 nitrogen and oxygen atoms in total. The van der Waals surface area contributed by atoms with Crippen molar-refractivity contribution in [1.29, 1.82) is 0 Å². The highest BCUT2D eigenvalue weighted by atomic mass is 35.5. The van der Waals surface area contributed by atoms with E-state index < -0.39 is 0 Å². The minimum absolute atomic E-state index is 0.110. The smallest absolute Gasteiger partial charge is 0.123 e. The van der Waals surface area contributed by atoms with E-state index in [1.165, 1.54) is 36.8 Å². The van der Waals surface area contributed by atoms with E-state index in [1.54, 1.807) is 0 Å². The number of hydrogen-bond donors (Lipinski definition) is 0. The van der Waals surface area contributed by atoms with Gasteiger partial charge in [-0.15, -0.1) is 11.6 Å². The van der Waals surface area contributed by atoms with E-state index in [0.29, 0.717) is 0 Å². The van der Waals surface area contributed by atoms with Gasteiger partial charge in [0.25, 0.3) is 0 Å². The number of ether oxygens (including phenoxy) is 1. The number of hydrogen-bond acceptors (Lipinski definition) is 1. The Morgan fingerprint density at radius 3 is 2.53 bits per heavy atom. The third-order valence-electron chi connectivity index (χ3n) is 4.97. The van der Waals surface area contributed by atoms with Gasteiger partial charge in [0, 0.05) is 11.0 Å². The monoisotopic (exact) mass is 278 g/mol. The van der Waals surface area contributed by atoms with Crippen molar-refractivity contribution in [3.8, 4) is 5.75 Å². The van der Waals surface area contributed by atoms with E-state index >= 15 is 0 Å². The van der Waals surface area contributed by atoms with Crippen LogP contribution in [0, 0.1) is 5.41 Å². The minimum atomic E-state index is 0.110. The predicted octanol–water partition coefficient (Wildman–Crippen LogP) is 5.22. The normalized spacial score (nSPS) is 24.8. The zero-order valence-corrected chi connectivity index (χ0v) is 12.9. The van der Waals surface area contributed by atoms with Gasteiger partial charge in [-0.05, 0) is 36.0 Å². The molecule has 1 heterocycles. The minimum Gasteiger partial charge on any atom is -0.492 e. The van der Waals surface area contributed by atoms with Crippen LogP contribution in [0.15, 0.2) is 18.2 Å². The van der Waals surface area contributed by atoms with Crippen LogP contribution >= 0.6 is 11.6 Å². The number of rotatable bonds is 2. The summed E-state index contributed by atoms with van der Waals surface area (Å²) in [4.78, 5) is 0. The first-order valence-electron chi connectivity index (χ1n) is 7.34. The predicted molar refractivity (Wildman–Crippen MR) is 80.1 cm³/mol. The molecule has 1 atom stereocenters. The molecule has 2 aliphatic rings. The summed E-state index contributed by atoms with van der Waals surface area (Å²) in [5, 5.41) is 0.122. The Labute approximate surface area is 121 Å². The number of fused-ring (bicyclic) bond motifs is 1. The molecule has 1 aromatic carbocycles. The molecule has 1 saturated carbocycles. The quantitative estimate of drug-likeness (QED) is 0.674. The number of benzene rings is 1. The number of halogens is 1. The van der Waals surface area contributed by atoms with Crippen LogP contribution in [-0.4, -0.2) is 6.61 Å². The first-order valence-corrected chi connectivity index (χ1v) is 7.77. The topological polar surface area (TPSA) is 9.23 Å². The largest absolute Gasteiger partial charge is 0.492 e. The maximum atomic E-state index is 6.81. The Bertz CT molecular complexity index is 486. The second kappa shape index (κ2) is 4.41. The van der Waals surface area contributed by atoms with Crippen LogP contribution in [0.2, 0.25) is 0 Å². The summed E-state index contributed by atoms with van der Waals surface area (Å²) in [7, 11) is 0. The summed E-state index contributed by atoms with van der Waals surface area (Å²) < 4.78 is 5.76. The van der Waals surface area contributed by atoms with Gasteiger partial charge in [-0.3, -0.25) is 0 Å². The molecule has 0 aromatic heterocycles. The van der Waals surface area contributed by atoms with Crippen LogP contribution in [0.5, 0.6) is 5.75 Å². The van der Waals surface area contributed by atoms with Crippen LogP contribution < -0.4 is 4.74 Å². The Balaban J connectivity index is 1.94. The summed E-state index contributed by atoms with van der Waals surface area (Å²) in [6, 6.07) is 6.54. The highest BCUT2D eigenvalue weighted by Crippen LogP contribution is 2.51. The van der Waals surface area contributed by atoms with Gasteiger partial charge < -0.3 is 4.74 Å². The molecular weight excluding hydrogens is 256 g/mol. The van der Waals surface area contributed by atoms with Crippen molar-refractivity contribution in [2.75, 3.05) is 6.61 Å². The molecule has 2 heteroatoms. The van der Waals surface area contributed by atoms with E-state index in [2.05, 4.69) is 39.0 Å².